The second-order valence-corrected chi connectivity index (χ2v) is 6.14. The molecule has 0 aliphatic rings. The number of halogens is 1. The molecule has 0 spiro atoms. The van der Waals surface area contributed by atoms with Crippen molar-refractivity contribution < 1.29 is 4.79 Å². The number of carbonyl (C=O) groups is 1. The fourth-order valence-corrected chi connectivity index (χ4v) is 3.27. The summed E-state index contributed by atoms with van der Waals surface area (Å²) in [6.45, 7) is 7.32. The Morgan fingerprint density at radius 1 is 1.21 bits per heavy atom. The van der Waals surface area contributed by atoms with Gasteiger partial charge in [0.1, 0.15) is 17.0 Å². The number of rotatable bonds is 5. The number of nitrogens with zero attached hydrogens (tertiary/aromatic N) is 5. The topological polar surface area (TPSA) is 63.4 Å². The van der Waals surface area contributed by atoms with Crippen LogP contribution in [0.3, 0.4) is 0 Å². The number of pyridine rings is 2. The highest BCUT2D eigenvalue weighted by Crippen LogP contribution is 2.31. The van der Waals surface area contributed by atoms with Crippen LogP contribution >= 0.6 is 11.6 Å². The molecule has 7 heteroatoms. The predicted octanol–water partition coefficient (Wildman–Crippen LogP) is 3.50. The van der Waals surface area contributed by atoms with Gasteiger partial charge in [-0.3, -0.25) is 9.20 Å². The van der Waals surface area contributed by atoms with E-state index in [4.69, 9.17) is 11.6 Å². The highest BCUT2D eigenvalue weighted by atomic mass is 35.5. The minimum atomic E-state index is -0.105. The quantitative estimate of drug-likeness (QED) is 0.710. The van der Waals surface area contributed by atoms with Crippen molar-refractivity contribution in [3.63, 3.8) is 0 Å². The molecule has 0 aliphatic carbocycles. The van der Waals surface area contributed by atoms with E-state index in [1.54, 1.807) is 10.6 Å². The average Bonchev–Trinajstić information content (AvgIpc) is 2.96. The molecule has 3 aromatic rings. The Balaban J connectivity index is 2.30. The maximum absolute atomic E-state index is 13.2. The summed E-state index contributed by atoms with van der Waals surface area (Å²) >= 11 is 6.60. The van der Waals surface area contributed by atoms with E-state index in [0.29, 0.717) is 40.8 Å². The molecular weight excluding hydrogens is 326 g/mol. The maximum Gasteiger partial charge on any atom is 0.259 e. The molecule has 0 saturated heterocycles. The summed E-state index contributed by atoms with van der Waals surface area (Å²) in [6.07, 6.45) is 3.47. The van der Waals surface area contributed by atoms with Gasteiger partial charge in [0.05, 0.1) is 5.02 Å². The molecule has 1 amide bonds. The Labute approximate surface area is 145 Å². The SMILES string of the molecule is CCCN(CCC)C(=O)c1c(Cl)c2cccnc2n2c(C)nnc12. The van der Waals surface area contributed by atoms with E-state index >= 15 is 0 Å². The zero-order valence-electron chi connectivity index (χ0n) is 14.1. The molecule has 0 unspecified atom stereocenters. The van der Waals surface area contributed by atoms with Gasteiger partial charge < -0.3 is 4.90 Å². The molecule has 3 heterocycles. The van der Waals surface area contributed by atoms with Crippen molar-refractivity contribution in [2.24, 2.45) is 0 Å². The third-order valence-corrected chi connectivity index (χ3v) is 4.38. The van der Waals surface area contributed by atoms with Gasteiger partial charge >= 0.3 is 0 Å². The second kappa shape index (κ2) is 6.73. The molecule has 0 N–H and O–H groups in total. The summed E-state index contributed by atoms with van der Waals surface area (Å²) < 4.78 is 1.80. The predicted molar refractivity (Wildman–Crippen MR) is 94.5 cm³/mol. The smallest absolute Gasteiger partial charge is 0.259 e. The van der Waals surface area contributed by atoms with Crippen LogP contribution in [0.5, 0.6) is 0 Å². The molecule has 0 bridgehead atoms. The van der Waals surface area contributed by atoms with Crippen molar-refractivity contribution in [1.29, 1.82) is 0 Å². The fraction of sp³-hybridized carbons (Fsp3) is 0.412. The summed E-state index contributed by atoms with van der Waals surface area (Å²) in [7, 11) is 0. The summed E-state index contributed by atoms with van der Waals surface area (Å²) in [5.41, 5.74) is 1.53. The molecule has 0 aromatic carbocycles. The summed E-state index contributed by atoms with van der Waals surface area (Å²) in [5, 5.41) is 9.44. The fourth-order valence-electron chi connectivity index (χ4n) is 2.96. The van der Waals surface area contributed by atoms with Gasteiger partial charge in [-0.2, -0.15) is 0 Å². The third kappa shape index (κ3) is 2.60. The van der Waals surface area contributed by atoms with Crippen molar-refractivity contribution in [3.8, 4) is 0 Å². The van der Waals surface area contributed by atoms with E-state index in [1.165, 1.54) is 0 Å². The third-order valence-electron chi connectivity index (χ3n) is 3.99. The van der Waals surface area contributed by atoms with Crippen LogP contribution in [0, 0.1) is 6.92 Å². The number of amides is 1. The molecule has 0 fully saturated rings. The first-order valence-electron chi connectivity index (χ1n) is 8.17. The molecule has 0 saturated carbocycles. The van der Waals surface area contributed by atoms with Crippen LogP contribution in [-0.4, -0.2) is 43.5 Å². The number of hydrogen-bond acceptors (Lipinski definition) is 4. The summed E-state index contributed by atoms with van der Waals surface area (Å²) in [5.74, 6) is 0.573. The van der Waals surface area contributed by atoms with Crippen molar-refractivity contribution in [2.45, 2.75) is 33.6 Å². The molecule has 3 aromatic heterocycles. The van der Waals surface area contributed by atoms with Gasteiger partial charge in [-0.25, -0.2) is 4.98 Å². The van der Waals surface area contributed by atoms with Gasteiger partial charge in [0, 0.05) is 24.7 Å². The molecule has 6 nitrogen and oxygen atoms in total. The van der Waals surface area contributed by atoms with Crippen LogP contribution in [-0.2, 0) is 0 Å². The van der Waals surface area contributed by atoms with Crippen LogP contribution in [0.2, 0.25) is 5.02 Å². The number of aryl methyl sites for hydroxylation is 1. The van der Waals surface area contributed by atoms with E-state index in [0.717, 1.165) is 18.2 Å². The Hall–Kier alpha value is -2.21. The standard InChI is InChI=1S/C17H20ClN5O/c1-4-9-22(10-5-2)17(24)13-14(18)12-7-6-8-19-15(12)23-11(3)20-21-16(13)23/h6-8H,4-5,9-10H2,1-3H3. The highest BCUT2D eigenvalue weighted by molar-refractivity contribution is 6.39. The first-order valence-corrected chi connectivity index (χ1v) is 8.55. The monoisotopic (exact) mass is 345 g/mol. The van der Waals surface area contributed by atoms with E-state index in [1.807, 2.05) is 24.0 Å². The Morgan fingerprint density at radius 3 is 2.58 bits per heavy atom. The first kappa shape index (κ1) is 16.6. The van der Waals surface area contributed by atoms with Crippen molar-refractivity contribution in [2.75, 3.05) is 13.1 Å². The summed E-state index contributed by atoms with van der Waals surface area (Å²) in [6, 6.07) is 3.67. The van der Waals surface area contributed by atoms with Crippen LogP contribution in [0.1, 0.15) is 42.9 Å². The minimum Gasteiger partial charge on any atom is -0.339 e. The van der Waals surface area contributed by atoms with Crippen LogP contribution in [0.4, 0.5) is 0 Å². The maximum atomic E-state index is 13.2. The lowest BCUT2D eigenvalue weighted by Gasteiger charge is -2.22. The zero-order chi connectivity index (χ0) is 17.3. The lowest BCUT2D eigenvalue weighted by Crippen LogP contribution is -2.33. The molecule has 3 rings (SSSR count). The average molecular weight is 346 g/mol. The van der Waals surface area contributed by atoms with Gasteiger partial charge in [0.25, 0.3) is 5.91 Å². The van der Waals surface area contributed by atoms with Gasteiger partial charge in [0.2, 0.25) is 0 Å². The van der Waals surface area contributed by atoms with E-state index < -0.39 is 0 Å². The van der Waals surface area contributed by atoms with Gasteiger partial charge in [0.15, 0.2) is 5.65 Å². The van der Waals surface area contributed by atoms with E-state index in [2.05, 4.69) is 29.0 Å². The molecular formula is C17H20ClN5O. The van der Waals surface area contributed by atoms with Gasteiger partial charge in [-0.15, -0.1) is 10.2 Å². The van der Waals surface area contributed by atoms with Crippen LogP contribution < -0.4 is 0 Å². The van der Waals surface area contributed by atoms with E-state index in [9.17, 15) is 4.79 Å². The molecule has 0 aliphatic heterocycles. The zero-order valence-corrected chi connectivity index (χ0v) is 14.8. The Kier molecular flexibility index (Phi) is 4.66. The summed E-state index contributed by atoms with van der Waals surface area (Å²) in [4.78, 5) is 19.4. The van der Waals surface area contributed by atoms with Crippen molar-refractivity contribution >= 4 is 34.2 Å². The number of hydrogen-bond donors (Lipinski definition) is 0. The number of carbonyl (C=O) groups excluding carboxylic acids is 1. The lowest BCUT2D eigenvalue weighted by molar-refractivity contribution is 0.0757. The molecule has 24 heavy (non-hydrogen) atoms. The van der Waals surface area contributed by atoms with Crippen molar-refractivity contribution in [3.05, 3.63) is 34.7 Å². The molecule has 0 atom stereocenters. The Morgan fingerprint density at radius 2 is 1.92 bits per heavy atom. The van der Waals surface area contributed by atoms with E-state index in [-0.39, 0.29) is 5.91 Å². The number of aromatic nitrogens is 4. The van der Waals surface area contributed by atoms with Gasteiger partial charge in [-0.05, 0) is 31.9 Å². The molecule has 0 radical (unpaired) electrons. The van der Waals surface area contributed by atoms with Crippen LogP contribution in [0.15, 0.2) is 18.3 Å². The normalized spacial score (nSPS) is 11.3. The van der Waals surface area contributed by atoms with Crippen LogP contribution in [0.25, 0.3) is 16.7 Å². The first-order chi connectivity index (χ1) is 11.6. The molecule has 126 valence electrons. The Bertz CT molecular complexity index is 899. The van der Waals surface area contributed by atoms with Crippen molar-refractivity contribution in [1.82, 2.24) is 24.5 Å². The second-order valence-electron chi connectivity index (χ2n) is 5.76. The minimum absolute atomic E-state index is 0.105. The largest absolute Gasteiger partial charge is 0.339 e. The van der Waals surface area contributed by atoms with Gasteiger partial charge in [-0.1, -0.05) is 25.4 Å². The lowest BCUT2D eigenvalue weighted by atomic mass is 10.1. The number of fused-ring (bicyclic) bond motifs is 3. The highest BCUT2D eigenvalue weighted by Gasteiger charge is 2.25.